The van der Waals surface area contributed by atoms with Crippen molar-refractivity contribution < 1.29 is 5.48 Å². The lowest BCUT2D eigenvalue weighted by Crippen LogP contribution is -2.28. The SMILES string of the molecule is [2H]c1c([2H])c(N(c2cccc(-c3cccc4ccccc34)c2)c2cccc3c2-c2ccccc2C3(c2ccccc2)c2ccccc2)c([2H])c([2H])c1-c1ccccc1. The lowest BCUT2D eigenvalue weighted by molar-refractivity contribution is 0.768. The maximum atomic E-state index is 9.73. The van der Waals surface area contributed by atoms with Gasteiger partial charge in [0.15, 0.2) is 0 Å². The molecule has 1 nitrogen and oxygen atoms in total. The molecule has 0 amide bonds. The third-order valence-electron chi connectivity index (χ3n) is 10.8. The Morgan fingerprint density at radius 3 is 1.70 bits per heavy atom. The number of nitrogens with zero attached hydrogens (tertiary/aromatic N) is 1. The van der Waals surface area contributed by atoms with E-state index < -0.39 is 5.41 Å². The highest BCUT2D eigenvalue weighted by Crippen LogP contribution is 2.59. The largest absolute Gasteiger partial charge is 0.310 e. The van der Waals surface area contributed by atoms with Crippen LogP contribution in [-0.2, 0) is 5.41 Å². The fraction of sp³-hybridized carbons (Fsp3) is 0.0189. The number of benzene rings is 9. The first kappa shape index (κ1) is 27.7. The predicted molar refractivity (Wildman–Crippen MR) is 227 cm³/mol. The summed E-state index contributed by atoms with van der Waals surface area (Å²) in [5.41, 5.74) is 10.5. The molecule has 9 aromatic rings. The molecule has 1 aliphatic carbocycles. The van der Waals surface area contributed by atoms with Crippen LogP contribution in [0.3, 0.4) is 0 Å². The molecule has 0 radical (unpaired) electrons. The molecular formula is C53H37N. The highest BCUT2D eigenvalue weighted by Gasteiger charge is 2.47. The van der Waals surface area contributed by atoms with E-state index in [4.69, 9.17) is 0 Å². The first-order chi connectivity index (χ1) is 28.5. The van der Waals surface area contributed by atoms with Crippen molar-refractivity contribution in [3.63, 3.8) is 0 Å². The number of hydrogen-bond acceptors (Lipinski definition) is 1. The second-order valence-electron chi connectivity index (χ2n) is 13.7. The average molecular weight is 692 g/mol. The monoisotopic (exact) mass is 691 g/mol. The summed E-state index contributed by atoms with van der Waals surface area (Å²) in [7, 11) is 0. The second-order valence-corrected chi connectivity index (χ2v) is 13.7. The van der Waals surface area contributed by atoms with Crippen molar-refractivity contribution in [3.8, 4) is 33.4 Å². The van der Waals surface area contributed by atoms with Crippen LogP contribution in [0.2, 0.25) is 0 Å². The molecule has 1 aliphatic rings. The Labute approximate surface area is 322 Å². The van der Waals surface area contributed by atoms with Crippen LogP contribution in [0.4, 0.5) is 17.1 Å². The first-order valence-electron chi connectivity index (χ1n) is 20.4. The summed E-state index contributed by atoms with van der Waals surface area (Å²) >= 11 is 0. The molecule has 0 heterocycles. The van der Waals surface area contributed by atoms with Crippen LogP contribution in [0.25, 0.3) is 44.2 Å². The second kappa shape index (κ2) is 13.2. The van der Waals surface area contributed by atoms with E-state index in [9.17, 15) is 5.48 Å². The Morgan fingerprint density at radius 2 is 0.944 bits per heavy atom. The fourth-order valence-electron chi connectivity index (χ4n) is 8.51. The van der Waals surface area contributed by atoms with E-state index in [-0.39, 0.29) is 35.4 Å². The van der Waals surface area contributed by atoms with Gasteiger partial charge in [-0.1, -0.05) is 194 Å². The number of fused-ring (bicyclic) bond motifs is 4. The van der Waals surface area contributed by atoms with Gasteiger partial charge in [-0.2, -0.15) is 0 Å². The number of rotatable bonds is 7. The van der Waals surface area contributed by atoms with Crippen molar-refractivity contribution in [2.45, 2.75) is 5.41 Å². The van der Waals surface area contributed by atoms with Crippen molar-refractivity contribution in [2.24, 2.45) is 0 Å². The zero-order valence-electron chi connectivity index (χ0n) is 33.5. The van der Waals surface area contributed by atoms with E-state index >= 15 is 0 Å². The standard InChI is InChI=1S/C53H37N/c1-4-17-38(18-5-1)39-33-35-44(36-34-39)54(45-26-14-21-41(37-45)47-29-15-20-40-19-10-11-27-46(40)47)51-32-16-31-50-52(51)48-28-12-13-30-49(48)53(50,42-22-6-2-7-23-42)43-24-8-3-9-25-43/h1-37H/i33D,34D,35D,36D. The van der Waals surface area contributed by atoms with Gasteiger partial charge in [0.2, 0.25) is 0 Å². The lowest BCUT2D eigenvalue weighted by Gasteiger charge is -2.34. The summed E-state index contributed by atoms with van der Waals surface area (Å²) in [5.74, 6) is 0. The molecule has 254 valence electrons. The third-order valence-corrected chi connectivity index (χ3v) is 10.8. The van der Waals surface area contributed by atoms with E-state index in [1.165, 1.54) is 0 Å². The van der Waals surface area contributed by atoms with Crippen LogP contribution in [0, 0.1) is 0 Å². The molecule has 0 N–H and O–H groups in total. The summed E-state index contributed by atoms with van der Waals surface area (Å²) in [6.07, 6.45) is 0. The van der Waals surface area contributed by atoms with E-state index in [2.05, 4.69) is 140 Å². The lowest BCUT2D eigenvalue weighted by atomic mass is 9.68. The molecule has 0 atom stereocenters. The van der Waals surface area contributed by atoms with Crippen LogP contribution >= 0.6 is 0 Å². The molecule has 1 heteroatoms. The van der Waals surface area contributed by atoms with Gasteiger partial charge in [-0.15, -0.1) is 0 Å². The molecule has 10 rings (SSSR count). The maximum Gasteiger partial charge on any atom is 0.0714 e. The van der Waals surface area contributed by atoms with Crippen LogP contribution in [0.15, 0.2) is 224 Å². The Morgan fingerprint density at radius 1 is 0.389 bits per heavy atom. The first-order valence-corrected chi connectivity index (χ1v) is 18.4. The Kier molecular flexibility index (Phi) is 6.77. The number of hydrogen-bond donors (Lipinski definition) is 0. The molecule has 0 aliphatic heterocycles. The van der Waals surface area contributed by atoms with E-state index in [0.29, 0.717) is 5.56 Å². The minimum atomic E-state index is -0.674. The third kappa shape index (κ3) is 5.09. The summed E-state index contributed by atoms with van der Waals surface area (Å²) < 4.78 is 38.3. The zero-order chi connectivity index (χ0) is 39.4. The van der Waals surface area contributed by atoms with Gasteiger partial charge >= 0.3 is 0 Å². The maximum absolute atomic E-state index is 9.73. The summed E-state index contributed by atoms with van der Waals surface area (Å²) in [6, 6.07) is 67.9. The van der Waals surface area contributed by atoms with E-state index in [1.807, 2.05) is 65.6 Å². The van der Waals surface area contributed by atoms with Gasteiger partial charge < -0.3 is 4.90 Å². The van der Waals surface area contributed by atoms with Crippen LogP contribution < -0.4 is 4.90 Å². The van der Waals surface area contributed by atoms with Crippen molar-refractivity contribution >= 4 is 27.8 Å². The summed E-state index contributed by atoms with van der Waals surface area (Å²) in [4.78, 5) is 1.96. The normalized spacial score (nSPS) is 13.6. The molecular weight excluding hydrogens is 651 g/mol. The molecule has 9 aromatic carbocycles. The fourth-order valence-corrected chi connectivity index (χ4v) is 8.51. The van der Waals surface area contributed by atoms with Crippen molar-refractivity contribution in [3.05, 3.63) is 247 Å². The Bertz CT molecular complexity index is 2920. The highest BCUT2D eigenvalue weighted by molar-refractivity contribution is 6.00. The van der Waals surface area contributed by atoms with Crippen molar-refractivity contribution in [1.29, 1.82) is 0 Å². The molecule has 0 bridgehead atoms. The highest BCUT2D eigenvalue weighted by atomic mass is 15.1. The molecule has 0 aromatic heterocycles. The topological polar surface area (TPSA) is 3.24 Å². The van der Waals surface area contributed by atoms with Crippen molar-refractivity contribution in [2.75, 3.05) is 4.90 Å². The zero-order valence-corrected chi connectivity index (χ0v) is 29.5. The Hall–Kier alpha value is -6.96. The van der Waals surface area contributed by atoms with Crippen LogP contribution in [-0.4, -0.2) is 0 Å². The smallest absolute Gasteiger partial charge is 0.0714 e. The quantitative estimate of drug-likeness (QED) is 0.161. The van der Waals surface area contributed by atoms with Gasteiger partial charge in [0.1, 0.15) is 0 Å². The summed E-state index contributed by atoms with van der Waals surface area (Å²) in [5, 5.41) is 2.25. The molecule has 0 saturated carbocycles. The van der Waals surface area contributed by atoms with Crippen LogP contribution in [0.5, 0.6) is 0 Å². The molecule has 0 saturated heterocycles. The van der Waals surface area contributed by atoms with Gasteiger partial charge in [-0.3, -0.25) is 0 Å². The predicted octanol–water partition coefficient (Wildman–Crippen LogP) is 14.0. The van der Waals surface area contributed by atoms with E-state index in [1.54, 1.807) is 0 Å². The minimum absolute atomic E-state index is 0.0895. The minimum Gasteiger partial charge on any atom is -0.310 e. The van der Waals surface area contributed by atoms with Gasteiger partial charge in [-0.05, 0) is 91.1 Å². The van der Waals surface area contributed by atoms with Gasteiger partial charge in [0.25, 0.3) is 0 Å². The Balaban J connectivity index is 1.30. The number of anilines is 3. The van der Waals surface area contributed by atoms with Gasteiger partial charge in [0, 0.05) is 16.9 Å². The van der Waals surface area contributed by atoms with Crippen molar-refractivity contribution in [1.82, 2.24) is 0 Å². The molecule has 0 unspecified atom stereocenters. The average Bonchev–Trinajstić information content (AvgIpc) is 3.59. The van der Waals surface area contributed by atoms with E-state index in [0.717, 1.165) is 66.7 Å². The van der Waals surface area contributed by atoms with Gasteiger partial charge in [-0.25, -0.2) is 0 Å². The molecule has 54 heavy (non-hydrogen) atoms. The molecule has 0 fully saturated rings. The van der Waals surface area contributed by atoms with Gasteiger partial charge in [0.05, 0.1) is 16.6 Å². The molecule has 0 spiro atoms. The van der Waals surface area contributed by atoms with Crippen LogP contribution in [0.1, 0.15) is 27.7 Å². The summed E-state index contributed by atoms with van der Waals surface area (Å²) in [6.45, 7) is 0.